The van der Waals surface area contributed by atoms with Crippen LogP contribution in [0.5, 0.6) is 0 Å². The highest BCUT2D eigenvalue weighted by molar-refractivity contribution is 6.84. The summed E-state index contributed by atoms with van der Waals surface area (Å²) in [6.07, 6.45) is 5.01. The molecule has 15 nitrogen and oxygen atoms in total. The van der Waals surface area contributed by atoms with Crippen molar-refractivity contribution in [1.29, 1.82) is 0 Å². The maximum absolute atomic E-state index is 15.4. The molecule has 17 atom stereocenters. The molecule has 1 aliphatic carbocycles. The van der Waals surface area contributed by atoms with Gasteiger partial charge in [0.1, 0.15) is 18.2 Å². The summed E-state index contributed by atoms with van der Waals surface area (Å²) in [4.78, 5) is 30.1. The molecule has 470 valence electrons. The van der Waals surface area contributed by atoms with Crippen LogP contribution in [0.4, 0.5) is 0 Å². The molecular weight excluding hydrogens is 1080 g/mol. The molecule has 2 saturated heterocycles. The van der Waals surface area contributed by atoms with E-state index < -0.39 is 104 Å². The summed E-state index contributed by atoms with van der Waals surface area (Å²) in [6.45, 7) is 45.4. The Balaban J connectivity index is 2.03. The average molecular weight is 1200 g/mol. The van der Waals surface area contributed by atoms with E-state index in [2.05, 4.69) is 141 Å². The van der Waals surface area contributed by atoms with Crippen molar-refractivity contribution < 1.29 is 66.0 Å². The zero-order valence-corrected chi connectivity index (χ0v) is 57.6. The molecule has 1 saturated carbocycles. The number of hydrogen-bond donors (Lipinski definition) is 4. The highest BCUT2D eigenvalue weighted by Gasteiger charge is 2.61. The quantitative estimate of drug-likeness (QED) is 0.0611. The van der Waals surface area contributed by atoms with Crippen LogP contribution in [-0.4, -0.2) is 147 Å². The molecule has 81 heavy (non-hydrogen) atoms. The van der Waals surface area contributed by atoms with E-state index in [0.29, 0.717) is 25.7 Å². The lowest BCUT2D eigenvalue weighted by atomic mass is 9.81. The normalized spacial score (nSPS) is 36.7. The van der Waals surface area contributed by atoms with Crippen molar-refractivity contribution in [2.75, 3.05) is 21.3 Å². The van der Waals surface area contributed by atoms with Crippen LogP contribution < -0.4 is 5.32 Å². The van der Waals surface area contributed by atoms with Crippen LogP contribution >= 0.6 is 0 Å². The summed E-state index contributed by atoms with van der Waals surface area (Å²) in [5.74, 6) is -5.23. The number of allylic oxidation sites excluding steroid dienone is 2. The molecular formula is C63H117NO14Si3. The number of carbonyl (C=O) groups is 2. The zero-order chi connectivity index (χ0) is 61.3. The highest BCUT2D eigenvalue weighted by atomic mass is 28.5. The number of hydrogen-bond acceptors (Lipinski definition) is 14. The van der Waals surface area contributed by atoms with E-state index in [-0.39, 0.29) is 82.5 Å². The summed E-state index contributed by atoms with van der Waals surface area (Å²) in [5, 5.41) is 38.0. The molecule has 18 heteroatoms. The van der Waals surface area contributed by atoms with Gasteiger partial charge in [-0.1, -0.05) is 128 Å². The Labute approximate surface area is 494 Å². The van der Waals surface area contributed by atoms with Crippen LogP contribution in [-0.2, 0) is 50.7 Å². The van der Waals surface area contributed by atoms with Gasteiger partial charge >= 0.3 is 23.1 Å². The Hall–Kier alpha value is -1.63. The molecule has 4 aliphatic rings. The van der Waals surface area contributed by atoms with E-state index in [4.69, 9.17) is 41.1 Å². The monoisotopic (exact) mass is 1200 g/mol. The lowest BCUT2D eigenvalue weighted by Crippen LogP contribution is -2.66. The van der Waals surface area contributed by atoms with Crippen LogP contribution in [0.25, 0.3) is 0 Å². The second-order valence-corrected chi connectivity index (χ2v) is 41.5. The first-order chi connectivity index (χ1) is 37.6. The van der Waals surface area contributed by atoms with Crippen molar-refractivity contribution in [3.8, 4) is 0 Å². The van der Waals surface area contributed by atoms with Gasteiger partial charge in [0.15, 0.2) is 14.4 Å². The minimum Gasteiger partial charge on any atom is -0.456 e. The van der Waals surface area contributed by atoms with E-state index >= 15 is 4.79 Å². The molecule has 0 aromatic heterocycles. The first-order valence-corrected chi connectivity index (χ1v) is 38.0. The minimum absolute atomic E-state index is 0.0292. The molecule has 3 aliphatic heterocycles. The maximum atomic E-state index is 15.4. The van der Waals surface area contributed by atoms with Gasteiger partial charge in [-0.2, -0.15) is 0 Å². The lowest BCUT2D eigenvalue weighted by Gasteiger charge is -2.54. The number of aliphatic hydroxyl groups is 3. The van der Waals surface area contributed by atoms with Gasteiger partial charge < -0.3 is 61.7 Å². The Kier molecular flexibility index (Phi) is 26.9. The molecule has 0 aromatic rings. The number of rotatable bonds is 17. The second-order valence-electron chi connectivity index (χ2n) is 28.0. The van der Waals surface area contributed by atoms with Gasteiger partial charge in [-0.25, -0.2) is 4.79 Å². The first-order valence-electron chi connectivity index (χ1n) is 31.2. The molecule has 0 spiro atoms. The van der Waals surface area contributed by atoms with Gasteiger partial charge in [0.25, 0.3) is 5.91 Å². The molecule has 4 bridgehead atoms. The second kappa shape index (κ2) is 30.3. The molecule has 3 fully saturated rings. The first kappa shape index (κ1) is 71.8. The van der Waals surface area contributed by atoms with Crippen molar-refractivity contribution in [2.24, 2.45) is 29.6 Å². The zero-order valence-electron chi connectivity index (χ0n) is 54.6. The summed E-state index contributed by atoms with van der Waals surface area (Å²) in [7, 11) is -3.50. The highest BCUT2D eigenvalue weighted by Crippen LogP contribution is 2.50. The third kappa shape index (κ3) is 17.3. The van der Waals surface area contributed by atoms with Crippen LogP contribution in [0.3, 0.4) is 0 Å². The number of carbonyl (C=O) groups excluding carboxylic acids is 2. The molecule has 4 rings (SSSR count). The predicted octanol–water partition coefficient (Wildman–Crippen LogP) is 12.5. The van der Waals surface area contributed by atoms with E-state index in [1.165, 1.54) is 11.6 Å². The van der Waals surface area contributed by atoms with E-state index in [9.17, 15) is 20.1 Å². The number of nitrogens with one attached hydrogen (secondary N) is 1. The Morgan fingerprint density at radius 3 is 1.94 bits per heavy atom. The fourth-order valence-electron chi connectivity index (χ4n) is 13.3. The average Bonchev–Trinajstić information content (AvgIpc) is 3.59. The van der Waals surface area contributed by atoms with E-state index in [1.54, 1.807) is 28.3 Å². The minimum atomic E-state index is -3.23. The molecule has 4 N–H and O–H groups in total. The molecule has 3 unspecified atom stereocenters. The van der Waals surface area contributed by atoms with Gasteiger partial charge in [-0.05, 0) is 142 Å². The molecule has 1 amide bonds. The largest absolute Gasteiger partial charge is 0.456 e. The van der Waals surface area contributed by atoms with E-state index in [1.807, 2.05) is 6.92 Å². The van der Waals surface area contributed by atoms with Crippen molar-refractivity contribution in [1.82, 2.24) is 5.32 Å². The van der Waals surface area contributed by atoms with Gasteiger partial charge in [-0.15, -0.1) is 6.58 Å². The summed E-state index contributed by atoms with van der Waals surface area (Å²) in [5.41, 5.74) is 2.31. The SMILES string of the molecule is C=CC(O)CCC[C@@H]1NC(=O)C(O)[C@]2(O)O[C@H](C(OC)C[C@@H](C)C/C(C)=C/[C@@H](CC)[C@@H]3C[C@@H](O[Si](C(C)C)(C(C)C)O[Si](C(C)C)(C(C)C)O3)[C@@H](C)[C@@H](/C(C)=C/[C@@H]3CC[C@@H](O[Si](C)(C)C(C)(C)C)[C@H](OC)C3)OC1=O)[C@@H](OC)C[C@H]2C. The van der Waals surface area contributed by atoms with Gasteiger partial charge in [-0.3, -0.25) is 4.79 Å². The fraction of sp³-hybridized carbons (Fsp3) is 0.873. The van der Waals surface area contributed by atoms with Crippen LogP contribution in [0.2, 0.25) is 40.3 Å². The number of fused-ring (bicyclic) bond motifs is 4. The van der Waals surface area contributed by atoms with Gasteiger partial charge in [0.2, 0.25) is 5.79 Å². The van der Waals surface area contributed by atoms with Crippen molar-refractivity contribution in [2.45, 2.75) is 301 Å². The number of amides is 1. The molecule has 0 aromatic carbocycles. The van der Waals surface area contributed by atoms with E-state index in [0.717, 1.165) is 31.3 Å². The number of ether oxygens (including phenoxy) is 5. The maximum Gasteiger partial charge on any atom is 0.334 e. The smallest absolute Gasteiger partial charge is 0.334 e. The Bertz CT molecular complexity index is 2050. The van der Waals surface area contributed by atoms with Crippen LogP contribution in [0.15, 0.2) is 36.0 Å². The number of aliphatic hydroxyl groups excluding tert-OH is 2. The van der Waals surface area contributed by atoms with Crippen molar-refractivity contribution in [3.63, 3.8) is 0 Å². The predicted molar refractivity (Wildman–Crippen MR) is 329 cm³/mol. The number of methoxy groups -OCH3 is 3. The van der Waals surface area contributed by atoms with Gasteiger partial charge in [0.05, 0.1) is 42.7 Å². The number of esters is 1. The number of cyclic esters (lactones) is 1. The van der Waals surface area contributed by atoms with Crippen LogP contribution in [0.1, 0.15) is 188 Å². The molecule has 3 heterocycles. The van der Waals surface area contributed by atoms with Gasteiger partial charge in [0, 0.05) is 39.1 Å². The summed E-state index contributed by atoms with van der Waals surface area (Å²) in [6, 6.07) is -1.31. The fourth-order valence-corrected chi connectivity index (χ4v) is 26.1. The third-order valence-corrected chi connectivity index (χ3v) is 34.3. The van der Waals surface area contributed by atoms with Crippen molar-refractivity contribution >= 4 is 37.3 Å². The topological polar surface area (TPSA) is 190 Å². The Morgan fingerprint density at radius 2 is 1.42 bits per heavy atom. The molecule has 0 radical (unpaired) electrons. The third-order valence-electron chi connectivity index (χ3n) is 19.5. The Morgan fingerprint density at radius 1 is 0.864 bits per heavy atom. The van der Waals surface area contributed by atoms with Crippen LogP contribution in [0, 0.1) is 29.6 Å². The lowest BCUT2D eigenvalue weighted by molar-refractivity contribution is -0.345. The summed E-state index contributed by atoms with van der Waals surface area (Å²) >= 11 is 0. The summed E-state index contributed by atoms with van der Waals surface area (Å²) < 4.78 is 62.6. The standard InChI is InChI=1S/C63H117NO14Si3/c1-24-48-32-42(11)31-43(12)33-55(71-20)58-56(72-21)35-45(14)63(69,74-58)59(66)60(67)64-50(28-26-27-49(65)25-2)61(68)73-57(44(13)34-47-29-30-51(54(36-47)70-19)75-79(22,23)62(16,17)18)46(15)52-37-53(48)77-81(40(7)8,41(9)10)78-80(76-52,38(3)4)39(5)6/h25,32,34,38-41,43,45-59,65-66,69H,2,24,26-31,33,35-37H2,1,3-23H3,(H,64,67)/b42-32+,44-34+/t43-,45+,46+,47-,48+,49?,50-,51+,52+,53-,54+,55?,56-,57+,58+,59?,63+/m0/s1. The van der Waals surface area contributed by atoms with Crippen molar-refractivity contribution in [3.05, 3.63) is 36.0 Å².